The molecule has 1 aromatic rings. The molecule has 0 saturated heterocycles. The fourth-order valence-electron chi connectivity index (χ4n) is 1.01. The van der Waals surface area contributed by atoms with Crippen LogP contribution < -0.4 is 5.32 Å². The molecule has 2 atom stereocenters. The highest BCUT2D eigenvalue weighted by Gasteiger charge is 2.17. The molecule has 1 heterocycles. The van der Waals surface area contributed by atoms with Crippen molar-refractivity contribution in [1.29, 1.82) is 0 Å². The lowest BCUT2D eigenvalue weighted by molar-refractivity contribution is 0.125. The van der Waals surface area contributed by atoms with E-state index >= 15 is 0 Å². The zero-order valence-corrected chi connectivity index (χ0v) is 7.64. The molecular formula is C7H12N4O3. The first kappa shape index (κ1) is 10.5. The number of hydrogen-bond donors (Lipinski definition) is 4. The maximum absolute atomic E-state index is 10.3. The number of aliphatic hydroxyl groups is 1. The van der Waals surface area contributed by atoms with E-state index in [4.69, 9.17) is 5.11 Å². The molecule has 4 N–H and O–H groups in total. The van der Waals surface area contributed by atoms with Crippen LogP contribution in [0.2, 0.25) is 0 Å². The summed E-state index contributed by atoms with van der Waals surface area (Å²) in [5.41, 5.74) is 0.594. The molecule has 1 unspecified atom stereocenters. The van der Waals surface area contributed by atoms with E-state index in [-0.39, 0.29) is 6.42 Å². The first-order valence-corrected chi connectivity index (χ1v) is 4.11. The van der Waals surface area contributed by atoms with E-state index in [0.717, 1.165) is 0 Å². The van der Waals surface area contributed by atoms with Crippen molar-refractivity contribution >= 4 is 6.09 Å². The van der Waals surface area contributed by atoms with Crippen LogP contribution in [0, 0.1) is 0 Å². The molecule has 0 bridgehead atoms. The van der Waals surface area contributed by atoms with Gasteiger partial charge in [0.2, 0.25) is 0 Å². The standard InChI is InChI=1S/C7H12N4O3/c1-4(9-7(13)14)6(12)2-5-3-8-11-10-5/h3-4,6,9,12H,2H2,1H3,(H,13,14)(H,8,10,11)/t4-,6?/m0/s1. The van der Waals surface area contributed by atoms with Crippen LogP contribution in [0.15, 0.2) is 6.20 Å². The van der Waals surface area contributed by atoms with Gasteiger partial charge < -0.3 is 15.5 Å². The molecule has 1 amide bonds. The highest BCUT2D eigenvalue weighted by Crippen LogP contribution is 2.01. The van der Waals surface area contributed by atoms with Crippen LogP contribution >= 0.6 is 0 Å². The van der Waals surface area contributed by atoms with E-state index in [1.165, 1.54) is 6.20 Å². The van der Waals surface area contributed by atoms with Gasteiger partial charge in [0.15, 0.2) is 0 Å². The third-order valence-electron chi connectivity index (χ3n) is 1.81. The van der Waals surface area contributed by atoms with Crippen LogP contribution in [0.5, 0.6) is 0 Å². The number of nitrogens with one attached hydrogen (secondary N) is 2. The summed E-state index contributed by atoms with van der Waals surface area (Å²) in [4.78, 5) is 10.3. The first-order chi connectivity index (χ1) is 6.59. The number of aromatic nitrogens is 3. The lowest BCUT2D eigenvalue weighted by Gasteiger charge is -2.17. The van der Waals surface area contributed by atoms with Gasteiger partial charge in [-0.15, -0.1) is 0 Å². The van der Waals surface area contributed by atoms with Gasteiger partial charge in [-0.2, -0.15) is 15.4 Å². The van der Waals surface area contributed by atoms with Gasteiger partial charge in [0.05, 0.1) is 24.0 Å². The van der Waals surface area contributed by atoms with Gasteiger partial charge in [0.1, 0.15) is 0 Å². The molecular weight excluding hydrogens is 188 g/mol. The second-order valence-electron chi connectivity index (χ2n) is 2.97. The van der Waals surface area contributed by atoms with Crippen molar-refractivity contribution in [2.75, 3.05) is 0 Å². The Balaban J connectivity index is 2.41. The van der Waals surface area contributed by atoms with Gasteiger partial charge in [0, 0.05) is 6.42 Å². The number of amides is 1. The third-order valence-corrected chi connectivity index (χ3v) is 1.81. The minimum Gasteiger partial charge on any atom is -0.465 e. The number of hydrogen-bond acceptors (Lipinski definition) is 4. The average molecular weight is 200 g/mol. The molecule has 1 rings (SSSR count). The van der Waals surface area contributed by atoms with Gasteiger partial charge in [-0.3, -0.25) is 0 Å². The minimum atomic E-state index is -1.16. The van der Waals surface area contributed by atoms with E-state index in [1.54, 1.807) is 6.92 Å². The van der Waals surface area contributed by atoms with Crippen molar-refractivity contribution in [1.82, 2.24) is 20.7 Å². The van der Waals surface area contributed by atoms with Crippen LogP contribution in [0.1, 0.15) is 12.6 Å². The van der Waals surface area contributed by atoms with Crippen molar-refractivity contribution in [3.8, 4) is 0 Å². The lowest BCUT2D eigenvalue weighted by atomic mass is 10.1. The van der Waals surface area contributed by atoms with Crippen LogP contribution in [0.3, 0.4) is 0 Å². The summed E-state index contributed by atoms with van der Waals surface area (Å²) in [6, 6.07) is -0.538. The van der Waals surface area contributed by atoms with E-state index in [1.807, 2.05) is 0 Å². The molecule has 0 aromatic carbocycles. The molecule has 0 aliphatic rings. The topological polar surface area (TPSA) is 111 Å². The number of aromatic amines is 1. The highest BCUT2D eigenvalue weighted by atomic mass is 16.4. The number of carboxylic acid groups (broad SMARTS) is 1. The summed E-state index contributed by atoms with van der Waals surface area (Å²) in [6.07, 6.45) is -0.220. The summed E-state index contributed by atoms with van der Waals surface area (Å²) in [5, 5.41) is 29.8. The second-order valence-corrected chi connectivity index (χ2v) is 2.97. The van der Waals surface area contributed by atoms with Crippen LogP contribution in [-0.2, 0) is 6.42 Å². The smallest absolute Gasteiger partial charge is 0.404 e. The Kier molecular flexibility index (Phi) is 3.41. The van der Waals surface area contributed by atoms with Gasteiger partial charge >= 0.3 is 6.09 Å². The van der Waals surface area contributed by atoms with Gasteiger partial charge in [-0.25, -0.2) is 4.79 Å². The number of H-pyrrole nitrogens is 1. The molecule has 14 heavy (non-hydrogen) atoms. The maximum Gasteiger partial charge on any atom is 0.404 e. The van der Waals surface area contributed by atoms with Crippen molar-refractivity contribution in [3.63, 3.8) is 0 Å². The molecule has 1 aromatic heterocycles. The Morgan fingerprint density at radius 3 is 3.00 bits per heavy atom. The summed E-state index contributed by atoms with van der Waals surface area (Å²) < 4.78 is 0. The highest BCUT2D eigenvalue weighted by molar-refractivity contribution is 5.64. The van der Waals surface area contributed by atoms with Crippen molar-refractivity contribution < 1.29 is 15.0 Å². The molecule has 0 saturated carbocycles. The molecule has 7 heteroatoms. The second kappa shape index (κ2) is 4.56. The predicted octanol–water partition coefficient (Wildman–Crippen LogP) is -0.636. The normalized spacial score (nSPS) is 14.7. The van der Waals surface area contributed by atoms with E-state index in [2.05, 4.69) is 20.7 Å². The molecule has 0 spiro atoms. The summed E-state index contributed by atoms with van der Waals surface area (Å²) in [7, 11) is 0. The summed E-state index contributed by atoms with van der Waals surface area (Å²) >= 11 is 0. The SMILES string of the molecule is C[C@H](NC(=O)O)C(O)Cc1cn[nH]n1. The Bertz CT molecular complexity index is 287. The molecule has 0 aliphatic carbocycles. The predicted molar refractivity (Wildman–Crippen MR) is 46.7 cm³/mol. The van der Waals surface area contributed by atoms with Crippen LogP contribution in [-0.4, -0.2) is 43.9 Å². The van der Waals surface area contributed by atoms with E-state index in [9.17, 15) is 9.90 Å². The fraction of sp³-hybridized carbons (Fsp3) is 0.571. The van der Waals surface area contributed by atoms with E-state index in [0.29, 0.717) is 5.69 Å². The van der Waals surface area contributed by atoms with Crippen molar-refractivity contribution in [2.24, 2.45) is 0 Å². The molecule has 0 aliphatic heterocycles. The Labute approximate surface area is 80.1 Å². The van der Waals surface area contributed by atoms with Gasteiger partial charge in [0.25, 0.3) is 0 Å². The van der Waals surface area contributed by atoms with Crippen LogP contribution in [0.4, 0.5) is 4.79 Å². The van der Waals surface area contributed by atoms with Crippen LogP contribution in [0.25, 0.3) is 0 Å². The Morgan fingerprint density at radius 1 is 1.79 bits per heavy atom. The summed E-state index contributed by atoms with van der Waals surface area (Å²) in [6.45, 7) is 1.58. The minimum absolute atomic E-state index is 0.262. The zero-order chi connectivity index (χ0) is 10.6. The summed E-state index contributed by atoms with van der Waals surface area (Å²) in [5.74, 6) is 0. The number of nitrogens with zero attached hydrogens (tertiary/aromatic N) is 2. The van der Waals surface area contributed by atoms with Gasteiger partial charge in [-0.1, -0.05) is 0 Å². The Morgan fingerprint density at radius 2 is 2.50 bits per heavy atom. The molecule has 0 radical (unpaired) electrons. The lowest BCUT2D eigenvalue weighted by Crippen LogP contribution is -2.41. The van der Waals surface area contributed by atoms with E-state index < -0.39 is 18.2 Å². The maximum atomic E-state index is 10.3. The zero-order valence-electron chi connectivity index (χ0n) is 7.64. The van der Waals surface area contributed by atoms with Crippen molar-refractivity contribution in [3.05, 3.63) is 11.9 Å². The average Bonchev–Trinajstić information content (AvgIpc) is 2.55. The fourth-order valence-corrected chi connectivity index (χ4v) is 1.01. The van der Waals surface area contributed by atoms with Gasteiger partial charge in [-0.05, 0) is 6.92 Å². The Hall–Kier alpha value is -1.63. The third kappa shape index (κ3) is 3.02. The quantitative estimate of drug-likeness (QED) is 0.516. The monoisotopic (exact) mass is 200 g/mol. The number of rotatable bonds is 4. The number of carbonyl (C=O) groups is 1. The number of aliphatic hydroxyl groups excluding tert-OH is 1. The first-order valence-electron chi connectivity index (χ1n) is 4.11. The largest absolute Gasteiger partial charge is 0.465 e. The molecule has 7 nitrogen and oxygen atoms in total. The van der Waals surface area contributed by atoms with Crippen molar-refractivity contribution in [2.45, 2.75) is 25.5 Å². The molecule has 0 fully saturated rings. The molecule has 78 valence electrons.